The van der Waals surface area contributed by atoms with Crippen molar-refractivity contribution in [3.8, 4) is 0 Å². The van der Waals surface area contributed by atoms with E-state index in [-0.39, 0.29) is 25.5 Å². The van der Waals surface area contributed by atoms with Crippen molar-refractivity contribution in [3.05, 3.63) is 70.1 Å². The third-order valence-corrected chi connectivity index (χ3v) is 8.54. The van der Waals surface area contributed by atoms with Gasteiger partial charge in [-0.15, -0.1) is 11.3 Å². The Morgan fingerprint density at radius 2 is 1.57 bits per heavy atom. The van der Waals surface area contributed by atoms with E-state index in [0.717, 1.165) is 16.2 Å². The fourth-order valence-electron chi connectivity index (χ4n) is 2.46. The molecule has 28 heavy (non-hydrogen) atoms. The van der Waals surface area contributed by atoms with Crippen LogP contribution in [0.4, 0.5) is 11.4 Å². The number of thiophene rings is 1. The molecule has 148 valence electrons. The maximum absolute atomic E-state index is 12.8. The predicted molar refractivity (Wildman–Crippen MR) is 113 cm³/mol. The van der Waals surface area contributed by atoms with E-state index in [4.69, 9.17) is 11.6 Å². The van der Waals surface area contributed by atoms with E-state index in [1.807, 2.05) is 0 Å². The molecule has 0 bridgehead atoms. The Kier molecular flexibility index (Phi) is 5.72. The van der Waals surface area contributed by atoms with Gasteiger partial charge in [-0.05, 0) is 55.8 Å². The van der Waals surface area contributed by atoms with Crippen molar-refractivity contribution >= 4 is 54.4 Å². The molecule has 0 atom stereocenters. The fourth-order valence-corrected chi connectivity index (χ4v) is 6.38. The van der Waals surface area contributed by atoms with Gasteiger partial charge in [0.2, 0.25) is 0 Å². The Morgan fingerprint density at radius 3 is 2.21 bits per heavy atom. The predicted octanol–water partition coefficient (Wildman–Crippen LogP) is 4.62. The Balaban J connectivity index is 1.94. The zero-order valence-corrected chi connectivity index (χ0v) is 18.1. The lowest BCUT2D eigenvalue weighted by Crippen LogP contribution is -2.16. The van der Waals surface area contributed by atoms with Crippen molar-refractivity contribution < 1.29 is 16.8 Å². The van der Waals surface area contributed by atoms with Crippen LogP contribution in [0.25, 0.3) is 0 Å². The maximum Gasteiger partial charge on any atom is 0.271 e. The molecule has 0 saturated heterocycles. The van der Waals surface area contributed by atoms with Crippen LogP contribution in [0, 0.1) is 13.8 Å². The van der Waals surface area contributed by atoms with Gasteiger partial charge in [-0.3, -0.25) is 9.44 Å². The molecule has 0 aliphatic rings. The molecule has 0 amide bonds. The minimum Gasteiger partial charge on any atom is -0.279 e. The maximum atomic E-state index is 12.8. The van der Waals surface area contributed by atoms with E-state index in [1.165, 1.54) is 18.2 Å². The van der Waals surface area contributed by atoms with Gasteiger partial charge in [0.25, 0.3) is 20.0 Å². The summed E-state index contributed by atoms with van der Waals surface area (Å²) in [4.78, 5) is 0.812. The third-order valence-electron chi connectivity index (χ3n) is 3.83. The lowest BCUT2D eigenvalue weighted by Gasteiger charge is -2.13. The van der Waals surface area contributed by atoms with Crippen LogP contribution in [0.3, 0.4) is 0 Å². The minimum atomic E-state index is -3.97. The number of para-hydroxylation sites is 1. The molecule has 3 rings (SSSR count). The van der Waals surface area contributed by atoms with Crippen LogP contribution in [0.15, 0.2) is 63.7 Å². The molecule has 1 aromatic heterocycles. The van der Waals surface area contributed by atoms with Crippen molar-refractivity contribution in [2.75, 3.05) is 9.44 Å². The average molecular weight is 457 g/mol. The van der Waals surface area contributed by atoms with Crippen LogP contribution in [0.2, 0.25) is 5.02 Å². The zero-order chi connectivity index (χ0) is 20.5. The van der Waals surface area contributed by atoms with Crippen molar-refractivity contribution in [2.24, 2.45) is 0 Å². The van der Waals surface area contributed by atoms with Gasteiger partial charge in [-0.25, -0.2) is 16.8 Å². The second-order valence-electron chi connectivity index (χ2n) is 6.04. The molecule has 0 unspecified atom stereocenters. The van der Waals surface area contributed by atoms with E-state index in [9.17, 15) is 16.8 Å². The molecule has 3 aromatic rings. The standard InChI is InChI=1S/C18H17ClN2O4S3/c1-12-7-9-14(20-28(24,25)18-10-8-13(2)26-18)11-17(12)27(22,23)21-16-6-4-3-5-15(16)19/h3-11,20-21H,1-2H3. The highest BCUT2D eigenvalue weighted by atomic mass is 35.5. The molecule has 10 heteroatoms. The van der Waals surface area contributed by atoms with E-state index in [2.05, 4.69) is 9.44 Å². The largest absolute Gasteiger partial charge is 0.279 e. The number of hydrogen-bond donors (Lipinski definition) is 2. The molecule has 0 spiro atoms. The Labute approximate surface area is 173 Å². The summed E-state index contributed by atoms with van der Waals surface area (Å²) < 4.78 is 55.7. The molecule has 0 saturated carbocycles. The monoisotopic (exact) mass is 456 g/mol. The zero-order valence-electron chi connectivity index (χ0n) is 14.9. The second-order valence-corrected chi connectivity index (χ2v) is 11.3. The van der Waals surface area contributed by atoms with E-state index >= 15 is 0 Å². The lowest BCUT2D eigenvalue weighted by molar-refractivity contribution is 0.599. The Hall–Kier alpha value is -2.07. The summed E-state index contributed by atoms with van der Waals surface area (Å²) in [5.41, 5.74) is 0.856. The van der Waals surface area contributed by atoms with Crippen LogP contribution in [-0.4, -0.2) is 16.8 Å². The summed E-state index contributed by atoms with van der Waals surface area (Å²) in [5, 5.41) is 0.258. The van der Waals surface area contributed by atoms with Gasteiger partial charge in [-0.1, -0.05) is 29.8 Å². The van der Waals surface area contributed by atoms with Crippen LogP contribution in [0.1, 0.15) is 10.4 Å². The van der Waals surface area contributed by atoms with Gasteiger partial charge in [0, 0.05) is 4.88 Å². The van der Waals surface area contributed by atoms with Crippen molar-refractivity contribution in [3.63, 3.8) is 0 Å². The van der Waals surface area contributed by atoms with Crippen molar-refractivity contribution in [1.82, 2.24) is 0 Å². The molecular weight excluding hydrogens is 440 g/mol. The molecule has 2 N–H and O–H groups in total. The highest BCUT2D eigenvalue weighted by molar-refractivity contribution is 7.94. The van der Waals surface area contributed by atoms with Gasteiger partial charge >= 0.3 is 0 Å². The first-order valence-corrected chi connectivity index (χ1v) is 12.2. The first-order valence-electron chi connectivity index (χ1n) is 8.06. The van der Waals surface area contributed by atoms with Gasteiger partial charge in [0.05, 0.1) is 21.3 Å². The number of sulfonamides is 2. The fraction of sp³-hybridized carbons (Fsp3) is 0.111. The Morgan fingerprint density at radius 1 is 0.857 bits per heavy atom. The Bertz CT molecular complexity index is 1240. The summed E-state index contributed by atoms with van der Waals surface area (Å²) in [6.07, 6.45) is 0. The topological polar surface area (TPSA) is 92.3 Å². The van der Waals surface area contributed by atoms with Gasteiger partial charge in [0.15, 0.2) is 0 Å². The van der Waals surface area contributed by atoms with Crippen LogP contribution < -0.4 is 9.44 Å². The number of rotatable bonds is 6. The number of halogens is 1. The molecule has 0 aliphatic heterocycles. The van der Waals surface area contributed by atoms with Crippen LogP contribution in [0.5, 0.6) is 0 Å². The van der Waals surface area contributed by atoms with E-state index in [1.54, 1.807) is 50.2 Å². The number of hydrogen-bond acceptors (Lipinski definition) is 5. The number of aryl methyl sites for hydroxylation is 2. The molecule has 0 aliphatic carbocycles. The van der Waals surface area contributed by atoms with Crippen LogP contribution >= 0.6 is 22.9 Å². The quantitative estimate of drug-likeness (QED) is 0.566. The normalized spacial score (nSPS) is 12.0. The number of benzene rings is 2. The first kappa shape index (κ1) is 20.7. The molecular formula is C18H17ClN2O4S3. The number of anilines is 2. The summed E-state index contributed by atoms with van der Waals surface area (Å²) in [7, 11) is -7.77. The molecule has 0 fully saturated rings. The minimum absolute atomic E-state index is 0.0463. The highest BCUT2D eigenvalue weighted by Gasteiger charge is 2.21. The third kappa shape index (κ3) is 4.49. The van der Waals surface area contributed by atoms with Crippen molar-refractivity contribution in [2.45, 2.75) is 23.0 Å². The van der Waals surface area contributed by atoms with Crippen molar-refractivity contribution in [1.29, 1.82) is 0 Å². The smallest absolute Gasteiger partial charge is 0.271 e. The summed E-state index contributed by atoms with van der Waals surface area (Å²) in [6, 6.07) is 14.0. The van der Waals surface area contributed by atoms with E-state index in [0.29, 0.717) is 5.56 Å². The summed E-state index contributed by atoms with van der Waals surface area (Å²) in [6.45, 7) is 3.43. The average Bonchev–Trinajstić information content (AvgIpc) is 3.06. The second kappa shape index (κ2) is 7.75. The van der Waals surface area contributed by atoms with Gasteiger partial charge < -0.3 is 0 Å². The van der Waals surface area contributed by atoms with Gasteiger partial charge in [0.1, 0.15) is 4.21 Å². The highest BCUT2D eigenvalue weighted by Crippen LogP contribution is 2.28. The SMILES string of the molecule is Cc1ccc(S(=O)(=O)Nc2ccc(C)c(S(=O)(=O)Nc3ccccc3Cl)c2)s1. The first-order chi connectivity index (χ1) is 13.1. The van der Waals surface area contributed by atoms with E-state index < -0.39 is 20.0 Å². The summed E-state index contributed by atoms with van der Waals surface area (Å²) in [5.74, 6) is 0. The molecule has 6 nitrogen and oxygen atoms in total. The molecule has 0 radical (unpaired) electrons. The number of nitrogens with one attached hydrogen (secondary N) is 2. The van der Waals surface area contributed by atoms with Gasteiger partial charge in [-0.2, -0.15) is 0 Å². The molecule has 1 heterocycles. The molecule has 2 aromatic carbocycles. The summed E-state index contributed by atoms with van der Waals surface area (Å²) >= 11 is 7.16. The van der Waals surface area contributed by atoms with Crippen LogP contribution in [-0.2, 0) is 20.0 Å². The lowest BCUT2D eigenvalue weighted by atomic mass is 10.2.